The van der Waals surface area contributed by atoms with Gasteiger partial charge in [-0.05, 0) is 12.3 Å². The Morgan fingerprint density at radius 1 is 1.24 bits per heavy atom. The standard InChI is InChI=1S/C16H17N3O2/c1-3-19-15(14(21-2)10-18-19)16(20)13-9-17-8-11-6-4-5-7-12(11)13/h4-10,16,20H,3H2,1-2H3. The zero-order chi connectivity index (χ0) is 14.8. The number of methoxy groups -OCH3 is 1. The van der Waals surface area contributed by atoms with Gasteiger partial charge in [-0.25, -0.2) is 0 Å². The number of ether oxygens (including phenoxy) is 1. The number of hydrogen-bond donors (Lipinski definition) is 1. The lowest BCUT2D eigenvalue weighted by molar-refractivity contribution is 0.203. The second-order valence-corrected chi connectivity index (χ2v) is 4.77. The molecule has 2 aromatic heterocycles. The maximum atomic E-state index is 10.8. The van der Waals surface area contributed by atoms with E-state index in [0.717, 1.165) is 16.3 Å². The first-order chi connectivity index (χ1) is 10.3. The van der Waals surface area contributed by atoms with Gasteiger partial charge >= 0.3 is 0 Å². The van der Waals surface area contributed by atoms with Crippen LogP contribution in [0, 0.1) is 0 Å². The number of aliphatic hydroxyl groups is 1. The number of pyridine rings is 1. The monoisotopic (exact) mass is 283 g/mol. The van der Waals surface area contributed by atoms with Crippen molar-refractivity contribution < 1.29 is 9.84 Å². The van der Waals surface area contributed by atoms with Crippen LogP contribution in [-0.2, 0) is 6.54 Å². The zero-order valence-electron chi connectivity index (χ0n) is 12.0. The van der Waals surface area contributed by atoms with Crippen molar-refractivity contribution in [3.05, 3.63) is 54.1 Å². The van der Waals surface area contributed by atoms with Crippen molar-refractivity contribution in [2.24, 2.45) is 0 Å². The second kappa shape index (κ2) is 5.54. The summed E-state index contributed by atoms with van der Waals surface area (Å²) in [6.45, 7) is 2.64. The molecule has 0 aliphatic rings. The smallest absolute Gasteiger partial charge is 0.163 e. The highest BCUT2D eigenvalue weighted by Crippen LogP contribution is 2.33. The summed E-state index contributed by atoms with van der Waals surface area (Å²) in [5.41, 5.74) is 1.40. The lowest BCUT2D eigenvalue weighted by atomic mass is 10.0. The van der Waals surface area contributed by atoms with Crippen LogP contribution in [0.2, 0.25) is 0 Å². The molecular formula is C16H17N3O2. The molecule has 3 rings (SSSR count). The number of rotatable bonds is 4. The van der Waals surface area contributed by atoms with Gasteiger partial charge in [-0.15, -0.1) is 0 Å². The van der Waals surface area contributed by atoms with Gasteiger partial charge in [0.2, 0.25) is 0 Å². The molecule has 1 aromatic carbocycles. The molecule has 0 amide bonds. The van der Waals surface area contributed by atoms with E-state index in [9.17, 15) is 5.11 Å². The van der Waals surface area contributed by atoms with E-state index in [0.29, 0.717) is 18.0 Å². The summed E-state index contributed by atoms with van der Waals surface area (Å²) >= 11 is 0. The van der Waals surface area contributed by atoms with Gasteiger partial charge in [0, 0.05) is 29.9 Å². The summed E-state index contributed by atoms with van der Waals surface area (Å²) in [5, 5.41) is 17.0. The lowest BCUT2D eigenvalue weighted by Gasteiger charge is -2.16. The van der Waals surface area contributed by atoms with Gasteiger partial charge in [-0.3, -0.25) is 9.67 Å². The van der Waals surface area contributed by atoms with E-state index in [1.54, 1.807) is 30.4 Å². The molecule has 0 aliphatic heterocycles. The molecule has 21 heavy (non-hydrogen) atoms. The molecule has 0 spiro atoms. The van der Waals surface area contributed by atoms with Gasteiger partial charge < -0.3 is 9.84 Å². The fourth-order valence-corrected chi connectivity index (χ4v) is 2.57. The van der Waals surface area contributed by atoms with Gasteiger partial charge in [0.25, 0.3) is 0 Å². The van der Waals surface area contributed by atoms with Crippen molar-refractivity contribution in [2.75, 3.05) is 7.11 Å². The molecule has 0 saturated heterocycles. The van der Waals surface area contributed by atoms with Crippen LogP contribution in [-0.4, -0.2) is 27.0 Å². The lowest BCUT2D eigenvalue weighted by Crippen LogP contribution is -2.11. The van der Waals surface area contributed by atoms with E-state index in [4.69, 9.17) is 4.74 Å². The summed E-state index contributed by atoms with van der Waals surface area (Å²) in [4.78, 5) is 4.22. The maximum absolute atomic E-state index is 10.8. The Labute approximate surface area is 122 Å². The van der Waals surface area contributed by atoms with Crippen LogP contribution in [0.1, 0.15) is 24.3 Å². The predicted molar refractivity (Wildman–Crippen MR) is 80.3 cm³/mol. The van der Waals surface area contributed by atoms with Crippen LogP contribution in [0.5, 0.6) is 5.75 Å². The van der Waals surface area contributed by atoms with E-state index in [2.05, 4.69) is 10.1 Å². The predicted octanol–water partition coefficient (Wildman–Crippen LogP) is 2.54. The number of benzene rings is 1. The summed E-state index contributed by atoms with van der Waals surface area (Å²) in [5.74, 6) is 0.581. The fourth-order valence-electron chi connectivity index (χ4n) is 2.57. The maximum Gasteiger partial charge on any atom is 0.163 e. The van der Waals surface area contributed by atoms with E-state index < -0.39 is 6.10 Å². The summed E-state index contributed by atoms with van der Waals surface area (Å²) < 4.78 is 7.06. The molecule has 1 atom stereocenters. The first-order valence-corrected chi connectivity index (χ1v) is 6.86. The number of aryl methyl sites for hydroxylation is 1. The van der Waals surface area contributed by atoms with Crippen LogP contribution in [0.25, 0.3) is 10.8 Å². The number of fused-ring (bicyclic) bond motifs is 1. The Morgan fingerprint density at radius 2 is 2.05 bits per heavy atom. The Balaban J connectivity index is 2.17. The quantitative estimate of drug-likeness (QED) is 0.799. The minimum atomic E-state index is -0.832. The Hall–Kier alpha value is -2.40. The molecular weight excluding hydrogens is 266 g/mol. The molecule has 1 N–H and O–H groups in total. The van der Waals surface area contributed by atoms with Gasteiger partial charge in [0.15, 0.2) is 5.75 Å². The van der Waals surface area contributed by atoms with E-state index in [-0.39, 0.29) is 0 Å². The Morgan fingerprint density at radius 3 is 2.81 bits per heavy atom. The van der Waals surface area contributed by atoms with Gasteiger partial charge in [0.05, 0.1) is 13.3 Å². The van der Waals surface area contributed by atoms with Crippen molar-refractivity contribution in [3.63, 3.8) is 0 Å². The highest BCUT2D eigenvalue weighted by molar-refractivity contribution is 5.85. The third-order valence-electron chi connectivity index (χ3n) is 3.62. The van der Waals surface area contributed by atoms with Crippen LogP contribution in [0.3, 0.4) is 0 Å². The second-order valence-electron chi connectivity index (χ2n) is 4.77. The summed E-state index contributed by atoms with van der Waals surface area (Å²) in [6.07, 6.45) is 4.28. The number of aliphatic hydroxyl groups excluding tert-OH is 1. The molecule has 5 heteroatoms. The highest BCUT2D eigenvalue weighted by Gasteiger charge is 2.22. The van der Waals surface area contributed by atoms with E-state index in [1.807, 2.05) is 31.2 Å². The van der Waals surface area contributed by atoms with Crippen LogP contribution < -0.4 is 4.74 Å². The number of nitrogens with zero attached hydrogens (tertiary/aromatic N) is 3. The molecule has 108 valence electrons. The molecule has 2 heterocycles. The normalized spacial score (nSPS) is 12.5. The molecule has 5 nitrogen and oxygen atoms in total. The Bertz CT molecular complexity index is 740. The van der Waals surface area contributed by atoms with Crippen LogP contribution >= 0.6 is 0 Å². The highest BCUT2D eigenvalue weighted by atomic mass is 16.5. The third-order valence-corrected chi connectivity index (χ3v) is 3.62. The first kappa shape index (κ1) is 13.6. The largest absolute Gasteiger partial charge is 0.493 e. The van der Waals surface area contributed by atoms with Gasteiger partial charge in [-0.2, -0.15) is 5.10 Å². The molecule has 0 saturated carbocycles. The first-order valence-electron chi connectivity index (χ1n) is 6.86. The average Bonchev–Trinajstić information content (AvgIpc) is 2.96. The molecule has 3 aromatic rings. The van der Waals surface area contributed by atoms with Crippen LogP contribution in [0.4, 0.5) is 0 Å². The van der Waals surface area contributed by atoms with Gasteiger partial charge in [-0.1, -0.05) is 24.3 Å². The molecule has 0 radical (unpaired) electrons. The van der Waals surface area contributed by atoms with E-state index >= 15 is 0 Å². The van der Waals surface area contributed by atoms with Crippen molar-refractivity contribution in [1.29, 1.82) is 0 Å². The fraction of sp³-hybridized carbons (Fsp3) is 0.250. The van der Waals surface area contributed by atoms with Crippen molar-refractivity contribution in [3.8, 4) is 5.75 Å². The van der Waals surface area contributed by atoms with E-state index in [1.165, 1.54) is 0 Å². The molecule has 0 aliphatic carbocycles. The number of aromatic nitrogens is 3. The average molecular weight is 283 g/mol. The number of hydrogen-bond acceptors (Lipinski definition) is 4. The topological polar surface area (TPSA) is 60.2 Å². The van der Waals surface area contributed by atoms with Crippen molar-refractivity contribution in [2.45, 2.75) is 19.6 Å². The summed E-state index contributed by atoms with van der Waals surface area (Å²) in [6, 6.07) is 7.87. The third kappa shape index (κ3) is 2.25. The SMILES string of the molecule is CCn1ncc(OC)c1C(O)c1cncc2ccccc12. The molecule has 0 fully saturated rings. The minimum Gasteiger partial charge on any atom is -0.493 e. The molecule has 0 bridgehead atoms. The van der Waals surface area contributed by atoms with Gasteiger partial charge in [0.1, 0.15) is 11.8 Å². The van der Waals surface area contributed by atoms with Crippen molar-refractivity contribution in [1.82, 2.24) is 14.8 Å². The molecule has 1 unspecified atom stereocenters. The summed E-state index contributed by atoms with van der Waals surface area (Å²) in [7, 11) is 1.58. The zero-order valence-corrected chi connectivity index (χ0v) is 12.0. The van der Waals surface area contributed by atoms with Crippen molar-refractivity contribution >= 4 is 10.8 Å². The Kier molecular flexibility index (Phi) is 3.58. The van der Waals surface area contributed by atoms with Crippen LogP contribution in [0.15, 0.2) is 42.9 Å². The minimum absolute atomic E-state index is 0.581.